The minimum atomic E-state index is -0.645. The van der Waals surface area contributed by atoms with Gasteiger partial charge in [0.15, 0.2) is 0 Å². The van der Waals surface area contributed by atoms with Crippen LogP contribution < -0.4 is 16.8 Å². The molecule has 0 aliphatic heterocycles. The molecule has 0 aromatic carbocycles. The van der Waals surface area contributed by atoms with Gasteiger partial charge in [-0.1, -0.05) is 20.3 Å². The SMILES string of the molecule is CCC(C)[C@H](N)C(=O)NC(C)(C)CC(N)=O. The summed E-state index contributed by atoms with van der Waals surface area (Å²) in [6.07, 6.45) is 0.941. The highest BCUT2D eigenvalue weighted by Crippen LogP contribution is 2.10. The quantitative estimate of drug-likeness (QED) is 0.603. The summed E-state index contributed by atoms with van der Waals surface area (Å²) in [5.74, 6) is -0.563. The van der Waals surface area contributed by atoms with Crippen molar-refractivity contribution in [3.8, 4) is 0 Å². The second-order valence-corrected chi connectivity index (χ2v) is 4.93. The fraction of sp³-hybridized carbons (Fsp3) is 0.818. The number of carbonyl (C=O) groups is 2. The van der Waals surface area contributed by atoms with Crippen molar-refractivity contribution in [1.82, 2.24) is 5.32 Å². The molecule has 2 amide bonds. The van der Waals surface area contributed by atoms with Gasteiger partial charge in [0, 0.05) is 12.0 Å². The van der Waals surface area contributed by atoms with Crippen LogP contribution in [0.15, 0.2) is 0 Å². The van der Waals surface area contributed by atoms with E-state index in [0.29, 0.717) is 0 Å². The van der Waals surface area contributed by atoms with E-state index < -0.39 is 17.5 Å². The van der Waals surface area contributed by atoms with Crippen LogP contribution >= 0.6 is 0 Å². The van der Waals surface area contributed by atoms with Gasteiger partial charge in [0.25, 0.3) is 0 Å². The molecule has 0 aromatic rings. The van der Waals surface area contributed by atoms with Gasteiger partial charge in [0.05, 0.1) is 6.04 Å². The van der Waals surface area contributed by atoms with Crippen molar-refractivity contribution in [2.45, 2.75) is 52.1 Å². The number of amides is 2. The molecule has 0 bridgehead atoms. The van der Waals surface area contributed by atoms with Gasteiger partial charge in [-0.3, -0.25) is 9.59 Å². The van der Waals surface area contributed by atoms with E-state index in [-0.39, 0.29) is 18.2 Å². The Hall–Kier alpha value is -1.10. The lowest BCUT2D eigenvalue weighted by molar-refractivity contribution is -0.126. The molecule has 0 radical (unpaired) electrons. The Morgan fingerprint density at radius 2 is 1.88 bits per heavy atom. The van der Waals surface area contributed by atoms with Gasteiger partial charge >= 0.3 is 0 Å². The molecule has 0 saturated carbocycles. The zero-order chi connectivity index (χ0) is 12.9. The van der Waals surface area contributed by atoms with Crippen LogP contribution in [0.25, 0.3) is 0 Å². The van der Waals surface area contributed by atoms with Crippen molar-refractivity contribution in [3.05, 3.63) is 0 Å². The Labute approximate surface area is 96.9 Å². The second-order valence-electron chi connectivity index (χ2n) is 4.93. The maximum absolute atomic E-state index is 11.8. The smallest absolute Gasteiger partial charge is 0.237 e. The number of nitrogens with one attached hydrogen (secondary N) is 1. The molecule has 0 heterocycles. The van der Waals surface area contributed by atoms with Crippen molar-refractivity contribution in [2.75, 3.05) is 0 Å². The summed E-state index contributed by atoms with van der Waals surface area (Å²) in [5.41, 5.74) is 10.2. The number of carbonyl (C=O) groups excluding carboxylic acids is 2. The minimum absolute atomic E-state index is 0.103. The molecule has 5 nitrogen and oxygen atoms in total. The first-order valence-corrected chi connectivity index (χ1v) is 5.55. The Morgan fingerprint density at radius 1 is 1.38 bits per heavy atom. The average molecular weight is 229 g/mol. The molecule has 5 heteroatoms. The van der Waals surface area contributed by atoms with Crippen molar-refractivity contribution >= 4 is 11.8 Å². The molecule has 5 N–H and O–H groups in total. The van der Waals surface area contributed by atoms with Gasteiger partial charge < -0.3 is 16.8 Å². The summed E-state index contributed by atoms with van der Waals surface area (Å²) in [5, 5.41) is 2.74. The highest BCUT2D eigenvalue weighted by atomic mass is 16.2. The van der Waals surface area contributed by atoms with E-state index >= 15 is 0 Å². The summed E-state index contributed by atoms with van der Waals surface area (Å²) < 4.78 is 0. The fourth-order valence-corrected chi connectivity index (χ4v) is 1.41. The summed E-state index contributed by atoms with van der Waals surface area (Å²) in [6.45, 7) is 7.40. The summed E-state index contributed by atoms with van der Waals surface area (Å²) in [7, 11) is 0. The van der Waals surface area contributed by atoms with Crippen molar-refractivity contribution in [2.24, 2.45) is 17.4 Å². The van der Waals surface area contributed by atoms with Crippen LogP contribution in [0.4, 0.5) is 0 Å². The summed E-state index contributed by atoms with van der Waals surface area (Å²) in [4.78, 5) is 22.5. The van der Waals surface area contributed by atoms with Crippen LogP contribution in [-0.4, -0.2) is 23.4 Å². The van der Waals surface area contributed by atoms with Crippen molar-refractivity contribution in [1.29, 1.82) is 0 Å². The van der Waals surface area contributed by atoms with Crippen LogP contribution in [0.1, 0.15) is 40.5 Å². The van der Waals surface area contributed by atoms with E-state index in [1.807, 2.05) is 13.8 Å². The molecule has 0 saturated heterocycles. The number of nitrogens with two attached hydrogens (primary N) is 2. The standard InChI is InChI=1S/C11H23N3O2/c1-5-7(2)9(13)10(16)14-11(3,4)6-8(12)15/h7,9H,5-6,13H2,1-4H3,(H2,12,15)(H,14,16)/t7?,9-/m0/s1. The van der Waals surface area contributed by atoms with Gasteiger partial charge in [-0.2, -0.15) is 0 Å². The average Bonchev–Trinajstić information content (AvgIpc) is 2.12. The lowest BCUT2D eigenvalue weighted by Crippen LogP contribution is -2.53. The topological polar surface area (TPSA) is 98.2 Å². The highest BCUT2D eigenvalue weighted by Gasteiger charge is 2.27. The number of primary amides is 1. The molecule has 0 aliphatic rings. The lowest BCUT2D eigenvalue weighted by Gasteiger charge is -2.28. The zero-order valence-corrected chi connectivity index (χ0v) is 10.5. The molecular formula is C11H23N3O2. The normalized spacial score (nSPS) is 15.3. The van der Waals surface area contributed by atoms with Crippen LogP contribution in [0.3, 0.4) is 0 Å². The summed E-state index contributed by atoms with van der Waals surface area (Å²) >= 11 is 0. The first kappa shape index (κ1) is 14.9. The highest BCUT2D eigenvalue weighted by molar-refractivity contribution is 5.83. The number of hydrogen-bond acceptors (Lipinski definition) is 3. The fourth-order valence-electron chi connectivity index (χ4n) is 1.41. The van der Waals surface area contributed by atoms with Gasteiger partial charge in [0.2, 0.25) is 11.8 Å². The van der Waals surface area contributed by atoms with Crippen LogP contribution in [0.5, 0.6) is 0 Å². The largest absolute Gasteiger partial charge is 0.370 e. The third-order valence-electron chi connectivity index (χ3n) is 2.64. The third kappa shape index (κ3) is 5.11. The predicted molar refractivity (Wildman–Crippen MR) is 63.5 cm³/mol. The Bertz CT molecular complexity index is 264. The minimum Gasteiger partial charge on any atom is -0.370 e. The molecule has 16 heavy (non-hydrogen) atoms. The van der Waals surface area contributed by atoms with E-state index in [0.717, 1.165) is 6.42 Å². The third-order valence-corrected chi connectivity index (χ3v) is 2.64. The van der Waals surface area contributed by atoms with Gasteiger partial charge in [0.1, 0.15) is 0 Å². The lowest BCUT2D eigenvalue weighted by atomic mass is 9.96. The molecule has 94 valence electrons. The zero-order valence-electron chi connectivity index (χ0n) is 10.5. The van der Waals surface area contributed by atoms with Gasteiger partial charge in [-0.25, -0.2) is 0 Å². The monoisotopic (exact) mass is 229 g/mol. The van der Waals surface area contributed by atoms with Crippen molar-refractivity contribution in [3.63, 3.8) is 0 Å². The Kier molecular flexibility index (Phi) is 5.44. The van der Waals surface area contributed by atoms with Crippen LogP contribution in [-0.2, 0) is 9.59 Å². The van der Waals surface area contributed by atoms with Crippen molar-refractivity contribution < 1.29 is 9.59 Å². The molecule has 0 spiro atoms. The predicted octanol–water partition coefficient (Wildman–Crippen LogP) is 0.130. The maximum Gasteiger partial charge on any atom is 0.237 e. The summed E-state index contributed by atoms with van der Waals surface area (Å²) in [6, 6.07) is -0.544. The van der Waals surface area contributed by atoms with E-state index in [9.17, 15) is 9.59 Å². The van der Waals surface area contributed by atoms with Gasteiger partial charge in [-0.05, 0) is 19.8 Å². The van der Waals surface area contributed by atoms with E-state index in [4.69, 9.17) is 11.5 Å². The molecule has 2 atom stereocenters. The Balaban J connectivity index is 4.38. The van der Waals surface area contributed by atoms with E-state index in [1.165, 1.54) is 0 Å². The molecule has 0 aromatic heterocycles. The molecule has 0 fully saturated rings. The maximum atomic E-state index is 11.8. The number of rotatable bonds is 6. The Morgan fingerprint density at radius 3 is 2.25 bits per heavy atom. The van der Waals surface area contributed by atoms with Crippen LogP contribution in [0, 0.1) is 5.92 Å². The van der Waals surface area contributed by atoms with Gasteiger partial charge in [-0.15, -0.1) is 0 Å². The van der Waals surface area contributed by atoms with E-state index in [2.05, 4.69) is 5.32 Å². The first-order valence-electron chi connectivity index (χ1n) is 5.55. The first-order chi connectivity index (χ1) is 7.19. The number of hydrogen-bond donors (Lipinski definition) is 3. The molecule has 1 unspecified atom stereocenters. The molecular weight excluding hydrogens is 206 g/mol. The van der Waals surface area contributed by atoms with E-state index in [1.54, 1.807) is 13.8 Å². The van der Waals surface area contributed by atoms with Crippen LogP contribution in [0.2, 0.25) is 0 Å². The molecule has 0 aliphatic carbocycles. The molecule has 0 rings (SSSR count). The second kappa shape index (κ2) is 5.84.